The molecule has 14 heavy (non-hydrogen) atoms. The summed E-state index contributed by atoms with van der Waals surface area (Å²) in [5.41, 5.74) is 12.5. The Bertz CT molecular complexity index is 443. The van der Waals surface area contributed by atoms with E-state index in [-0.39, 0.29) is 6.04 Å². The van der Waals surface area contributed by atoms with Crippen LogP contribution in [-0.4, -0.2) is 26.7 Å². The molecule has 2 rings (SSSR count). The SMILES string of the molecule is NCC(N)c1nnc2cnccc2n1. The Hall–Kier alpha value is -1.66. The molecule has 0 fully saturated rings. The van der Waals surface area contributed by atoms with Gasteiger partial charge in [0.1, 0.15) is 5.52 Å². The first-order chi connectivity index (χ1) is 6.81. The Labute approximate surface area is 80.4 Å². The second-order valence-corrected chi connectivity index (χ2v) is 2.88. The van der Waals surface area contributed by atoms with Crippen LogP contribution in [0.3, 0.4) is 0 Å². The molecule has 1 unspecified atom stereocenters. The van der Waals surface area contributed by atoms with Crippen LogP contribution in [0.2, 0.25) is 0 Å². The lowest BCUT2D eigenvalue weighted by atomic mass is 10.3. The molecule has 0 amide bonds. The molecule has 2 heterocycles. The first-order valence-electron chi connectivity index (χ1n) is 4.21. The average molecular weight is 190 g/mol. The van der Waals surface area contributed by atoms with E-state index >= 15 is 0 Å². The Morgan fingerprint density at radius 3 is 2.93 bits per heavy atom. The van der Waals surface area contributed by atoms with Crippen LogP contribution in [0.25, 0.3) is 11.0 Å². The van der Waals surface area contributed by atoms with Gasteiger partial charge in [-0.2, -0.15) is 0 Å². The van der Waals surface area contributed by atoms with Crippen molar-refractivity contribution >= 4 is 11.0 Å². The molecule has 4 N–H and O–H groups in total. The van der Waals surface area contributed by atoms with Crippen molar-refractivity contribution in [3.8, 4) is 0 Å². The van der Waals surface area contributed by atoms with Gasteiger partial charge in [-0.1, -0.05) is 0 Å². The summed E-state index contributed by atoms with van der Waals surface area (Å²) in [6.45, 7) is 0.304. The summed E-state index contributed by atoms with van der Waals surface area (Å²) in [7, 11) is 0. The maximum absolute atomic E-state index is 5.68. The summed E-state index contributed by atoms with van der Waals surface area (Å²) >= 11 is 0. The molecule has 0 saturated carbocycles. The van der Waals surface area contributed by atoms with Crippen LogP contribution in [0, 0.1) is 0 Å². The van der Waals surface area contributed by atoms with Crippen LogP contribution >= 0.6 is 0 Å². The van der Waals surface area contributed by atoms with Crippen molar-refractivity contribution < 1.29 is 0 Å². The summed E-state index contributed by atoms with van der Waals surface area (Å²) < 4.78 is 0. The summed E-state index contributed by atoms with van der Waals surface area (Å²) in [5, 5.41) is 7.81. The maximum Gasteiger partial charge on any atom is 0.169 e. The molecule has 0 saturated heterocycles. The van der Waals surface area contributed by atoms with Crippen molar-refractivity contribution in [3.05, 3.63) is 24.3 Å². The zero-order valence-corrected chi connectivity index (χ0v) is 7.46. The molecule has 2 aromatic rings. The number of hydrogen-bond acceptors (Lipinski definition) is 6. The zero-order valence-electron chi connectivity index (χ0n) is 7.46. The molecule has 0 spiro atoms. The van der Waals surface area contributed by atoms with Gasteiger partial charge in [-0.15, -0.1) is 10.2 Å². The third-order valence-electron chi connectivity index (χ3n) is 1.86. The van der Waals surface area contributed by atoms with Gasteiger partial charge in [0, 0.05) is 12.7 Å². The second-order valence-electron chi connectivity index (χ2n) is 2.88. The van der Waals surface area contributed by atoms with Crippen LogP contribution in [0.1, 0.15) is 11.9 Å². The van der Waals surface area contributed by atoms with Crippen LogP contribution in [0.15, 0.2) is 18.5 Å². The fourth-order valence-electron chi connectivity index (χ4n) is 1.06. The summed E-state index contributed by atoms with van der Waals surface area (Å²) in [6, 6.07) is 1.40. The summed E-state index contributed by atoms with van der Waals surface area (Å²) in [6.07, 6.45) is 3.25. The second kappa shape index (κ2) is 3.60. The van der Waals surface area contributed by atoms with E-state index in [2.05, 4.69) is 20.2 Å². The van der Waals surface area contributed by atoms with Crippen LogP contribution < -0.4 is 11.5 Å². The molecule has 0 aliphatic rings. The van der Waals surface area contributed by atoms with E-state index in [9.17, 15) is 0 Å². The zero-order chi connectivity index (χ0) is 9.97. The molecule has 0 aliphatic heterocycles. The highest BCUT2D eigenvalue weighted by Gasteiger charge is 2.08. The standard InChI is InChI=1S/C8H10N6/c9-3-5(10)8-12-6-1-2-11-4-7(6)13-14-8/h1-2,4-5H,3,9-10H2. The number of pyridine rings is 1. The molecule has 1 atom stereocenters. The summed E-state index contributed by atoms with van der Waals surface area (Å²) in [4.78, 5) is 8.14. The van der Waals surface area contributed by atoms with Crippen LogP contribution in [-0.2, 0) is 0 Å². The lowest BCUT2D eigenvalue weighted by Gasteiger charge is -2.05. The third-order valence-corrected chi connectivity index (χ3v) is 1.86. The first-order valence-corrected chi connectivity index (χ1v) is 4.21. The number of nitrogens with two attached hydrogens (primary N) is 2. The third kappa shape index (κ3) is 1.52. The molecular formula is C8H10N6. The maximum atomic E-state index is 5.68. The smallest absolute Gasteiger partial charge is 0.169 e. The van der Waals surface area contributed by atoms with Crippen molar-refractivity contribution in [3.63, 3.8) is 0 Å². The van der Waals surface area contributed by atoms with Gasteiger partial charge in [-0.05, 0) is 6.07 Å². The number of nitrogens with zero attached hydrogens (tertiary/aromatic N) is 4. The predicted molar refractivity (Wildman–Crippen MR) is 51.1 cm³/mol. The largest absolute Gasteiger partial charge is 0.328 e. The van der Waals surface area contributed by atoms with Crippen molar-refractivity contribution in [1.82, 2.24) is 20.2 Å². The van der Waals surface area contributed by atoms with E-state index in [1.165, 1.54) is 0 Å². The van der Waals surface area contributed by atoms with Crippen molar-refractivity contribution in [2.45, 2.75) is 6.04 Å². The van der Waals surface area contributed by atoms with Crippen LogP contribution in [0.4, 0.5) is 0 Å². The van der Waals surface area contributed by atoms with Gasteiger partial charge in [0.05, 0.1) is 17.8 Å². The van der Waals surface area contributed by atoms with Crippen molar-refractivity contribution in [2.75, 3.05) is 6.54 Å². The van der Waals surface area contributed by atoms with Crippen molar-refractivity contribution in [1.29, 1.82) is 0 Å². The first kappa shape index (κ1) is 8.92. The molecule has 6 nitrogen and oxygen atoms in total. The minimum atomic E-state index is -0.361. The van der Waals surface area contributed by atoms with Gasteiger partial charge in [0.15, 0.2) is 5.82 Å². The number of aromatic nitrogens is 4. The fourth-order valence-corrected chi connectivity index (χ4v) is 1.06. The Morgan fingerprint density at radius 2 is 2.14 bits per heavy atom. The van der Waals surface area contributed by atoms with Crippen LogP contribution in [0.5, 0.6) is 0 Å². The van der Waals surface area contributed by atoms with Gasteiger partial charge in [-0.3, -0.25) is 4.98 Å². The number of rotatable bonds is 2. The minimum Gasteiger partial charge on any atom is -0.328 e. The lowest BCUT2D eigenvalue weighted by Crippen LogP contribution is -2.23. The van der Waals surface area contributed by atoms with E-state index in [0.29, 0.717) is 17.9 Å². The average Bonchev–Trinajstić information content (AvgIpc) is 2.27. The molecule has 0 bridgehead atoms. The molecule has 72 valence electrons. The van der Waals surface area contributed by atoms with Gasteiger partial charge in [0.2, 0.25) is 0 Å². The van der Waals surface area contributed by atoms with Crippen molar-refractivity contribution in [2.24, 2.45) is 11.5 Å². The highest BCUT2D eigenvalue weighted by molar-refractivity contribution is 5.71. The van der Waals surface area contributed by atoms with E-state index in [1.54, 1.807) is 18.5 Å². The predicted octanol–water partition coefficient (Wildman–Crippen LogP) is -0.622. The topological polar surface area (TPSA) is 104 Å². The lowest BCUT2D eigenvalue weighted by molar-refractivity contribution is 0.668. The molecule has 6 heteroatoms. The highest BCUT2D eigenvalue weighted by atomic mass is 15.2. The fraction of sp³-hybridized carbons (Fsp3) is 0.250. The molecule has 0 radical (unpaired) electrons. The summed E-state index contributed by atoms with van der Waals surface area (Å²) in [5.74, 6) is 0.464. The Morgan fingerprint density at radius 1 is 1.29 bits per heavy atom. The van der Waals surface area contributed by atoms with E-state index in [0.717, 1.165) is 5.52 Å². The number of fused-ring (bicyclic) bond motifs is 1. The Kier molecular flexibility index (Phi) is 2.30. The van der Waals surface area contributed by atoms with E-state index in [4.69, 9.17) is 11.5 Å². The Balaban J connectivity index is 2.51. The molecule has 0 aromatic carbocycles. The van der Waals surface area contributed by atoms with Gasteiger partial charge < -0.3 is 11.5 Å². The quantitative estimate of drug-likeness (QED) is 0.654. The minimum absolute atomic E-state index is 0.304. The van der Waals surface area contributed by atoms with E-state index < -0.39 is 0 Å². The molecule has 2 aromatic heterocycles. The normalized spacial score (nSPS) is 13.0. The highest BCUT2D eigenvalue weighted by Crippen LogP contribution is 2.07. The van der Waals surface area contributed by atoms with E-state index in [1.807, 2.05) is 0 Å². The molecular weight excluding hydrogens is 180 g/mol. The monoisotopic (exact) mass is 190 g/mol. The number of hydrogen-bond donors (Lipinski definition) is 2. The van der Waals surface area contributed by atoms with Gasteiger partial charge in [0.25, 0.3) is 0 Å². The molecule has 0 aliphatic carbocycles. The van der Waals surface area contributed by atoms with Gasteiger partial charge >= 0.3 is 0 Å². The van der Waals surface area contributed by atoms with Gasteiger partial charge in [-0.25, -0.2) is 4.98 Å².